The van der Waals surface area contributed by atoms with Gasteiger partial charge in [0.05, 0.1) is 12.6 Å². The molecule has 1 aromatic rings. The molecule has 2 rings (SSSR count). The van der Waals surface area contributed by atoms with Crippen molar-refractivity contribution in [1.82, 2.24) is 9.36 Å². The third-order valence-electron chi connectivity index (χ3n) is 2.43. The third kappa shape index (κ3) is 2.22. The number of rotatable bonds is 5. The fourth-order valence-electron chi connectivity index (χ4n) is 1.25. The first kappa shape index (κ1) is 9.86. The molecule has 0 bridgehead atoms. The predicted octanol–water partition coefficient (Wildman–Crippen LogP) is 1.60. The highest BCUT2D eigenvalue weighted by Gasteiger charge is 2.27. The van der Waals surface area contributed by atoms with Crippen molar-refractivity contribution in [1.29, 1.82) is 0 Å². The van der Waals surface area contributed by atoms with Crippen LogP contribution < -0.4 is 5.32 Å². The third-order valence-corrected chi connectivity index (χ3v) is 3.09. The van der Waals surface area contributed by atoms with E-state index >= 15 is 0 Å². The molecular weight excluding hydrogens is 198 g/mol. The molecule has 0 saturated heterocycles. The van der Waals surface area contributed by atoms with Gasteiger partial charge in [-0.2, -0.15) is 4.37 Å². The molecule has 1 fully saturated rings. The van der Waals surface area contributed by atoms with Crippen LogP contribution in [0.4, 0.5) is 5.13 Å². The highest BCUT2D eigenvalue weighted by molar-refractivity contribution is 7.09. The van der Waals surface area contributed by atoms with Crippen molar-refractivity contribution >= 4 is 16.7 Å². The predicted molar refractivity (Wildman–Crippen MR) is 56.7 cm³/mol. The molecule has 0 unspecified atom stereocenters. The van der Waals surface area contributed by atoms with Crippen molar-refractivity contribution in [3.8, 4) is 0 Å². The Morgan fingerprint density at radius 3 is 3.00 bits per heavy atom. The summed E-state index contributed by atoms with van der Waals surface area (Å²) in [5.41, 5.74) is 0. The van der Waals surface area contributed by atoms with E-state index in [0.717, 1.165) is 17.4 Å². The Hall–Kier alpha value is -0.680. The quantitative estimate of drug-likeness (QED) is 0.780. The minimum Gasteiger partial charge on any atom is -0.394 e. The van der Waals surface area contributed by atoms with Gasteiger partial charge in [-0.25, -0.2) is 4.98 Å². The summed E-state index contributed by atoms with van der Waals surface area (Å²) in [5.74, 6) is 1.58. The Labute approximate surface area is 87.5 Å². The first-order valence-corrected chi connectivity index (χ1v) is 5.81. The van der Waals surface area contributed by atoms with Crippen LogP contribution in [0.3, 0.4) is 0 Å². The number of anilines is 1. The Morgan fingerprint density at radius 1 is 1.64 bits per heavy atom. The Balaban J connectivity index is 1.94. The molecule has 78 valence electrons. The average molecular weight is 213 g/mol. The molecule has 0 spiro atoms. The summed E-state index contributed by atoms with van der Waals surface area (Å²) in [5, 5.41) is 13.0. The summed E-state index contributed by atoms with van der Waals surface area (Å²) in [6, 6.07) is 0.106. The van der Waals surface area contributed by atoms with Crippen molar-refractivity contribution < 1.29 is 5.11 Å². The molecule has 14 heavy (non-hydrogen) atoms. The minimum atomic E-state index is 0.106. The summed E-state index contributed by atoms with van der Waals surface area (Å²) in [6.07, 6.45) is 3.36. The van der Waals surface area contributed by atoms with Gasteiger partial charge in [0, 0.05) is 17.5 Å². The average Bonchev–Trinajstić information content (AvgIpc) is 2.96. The van der Waals surface area contributed by atoms with Crippen LogP contribution in [0.5, 0.6) is 0 Å². The SMILES string of the molecule is CC[C@@H](CO)Nc1nc(C2CC2)ns1. The summed E-state index contributed by atoms with van der Waals surface area (Å²) < 4.78 is 4.29. The molecule has 0 aliphatic heterocycles. The van der Waals surface area contributed by atoms with Gasteiger partial charge in [-0.3, -0.25) is 0 Å². The molecule has 2 N–H and O–H groups in total. The molecule has 4 nitrogen and oxygen atoms in total. The molecule has 1 aliphatic rings. The lowest BCUT2D eigenvalue weighted by molar-refractivity contribution is 0.272. The van der Waals surface area contributed by atoms with E-state index in [1.807, 2.05) is 6.92 Å². The van der Waals surface area contributed by atoms with Crippen LogP contribution in [0.25, 0.3) is 0 Å². The zero-order valence-corrected chi connectivity index (χ0v) is 9.05. The van der Waals surface area contributed by atoms with E-state index in [-0.39, 0.29) is 12.6 Å². The second kappa shape index (κ2) is 4.23. The Bertz CT molecular complexity index is 294. The van der Waals surface area contributed by atoms with Crippen molar-refractivity contribution in [3.05, 3.63) is 5.82 Å². The van der Waals surface area contributed by atoms with Gasteiger partial charge in [-0.05, 0) is 19.3 Å². The maximum absolute atomic E-state index is 9.01. The molecule has 5 heteroatoms. The Morgan fingerprint density at radius 2 is 2.43 bits per heavy atom. The van der Waals surface area contributed by atoms with Crippen LogP contribution in [0.1, 0.15) is 37.9 Å². The van der Waals surface area contributed by atoms with E-state index < -0.39 is 0 Å². The smallest absolute Gasteiger partial charge is 0.202 e. The van der Waals surface area contributed by atoms with Crippen LogP contribution in [-0.4, -0.2) is 27.1 Å². The topological polar surface area (TPSA) is 58.0 Å². The van der Waals surface area contributed by atoms with Gasteiger partial charge < -0.3 is 10.4 Å². The molecule has 0 aromatic carbocycles. The number of nitrogens with zero attached hydrogens (tertiary/aromatic N) is 2. The van der Waals surface area contributed by atoms with E-state index in [2.05, 4.69) is 14.7 Å². The summed E-state index contributed by atoms with van der Waals surface area (Å²) >= 11 is 1.39. The second-order valence-corrected chi connectivity index (χ2v) is 4.42. The summed E-state index contributed by atoms with van der Waals surface area (Å²) in [6.45, 7) is 2.19. The highest BCUT2D eigenvalue weighted by Crippen LogP contribution is 2.39. The molecule has 1 aromatic heterocycles. The van der Waals surface area contributed by atoms with Crippen molar-refractivity contribution in [2.24, 2.45) is 0 Å². The lowest BCUT2D eigenvalue weighted by Crippen LogP contribution is -2.22. The number of hydrogen-bond donors (Lipinski definition) is 2. The maximum atomic E-state index is 9.01. The van der Waals surface area contributed by atoms with E-state index in [4.69, 9.17) is 5.11 Å². The van der Waals surface area contributed by atoms with Crippen molar-refractivity contribution in [2.45, 2.75) is 38.1 Å². The number of nitrogens with one attached hydrogen (secondary N) is 1. The minimum absolute atomic E-state index is 0.106. The van der Waals surface area contributed by atoms with Gasteiger partial charge in [-0.15, -0.1) is 0 Å². The monoisotopic (exact) mass is 213 g/mol. The van der Waals surface area contributed by atoms with Crippen LogP contribution in [0, 0.1) is 0 Å². The van der Waals surface area contributed by atoms with Gasteiger partial charge >= 0.3 is 0 Å². The fourth-order valence-corrected chi connectivity index (χ4v) is 1.98. The molecular formula is C9H15N3OS. The second-order valence-electron chi connectivity index (χ2n) is 3.66. The van der Waals surface area contributed by atoms with Gasteiger partial charge in [0.1, 0.15) is 5.82 Å². The number of aromatic nitrogens is 2. The lowest BCUT2D eigenvalue weighted by Gasteiger charge is -2.11. The van der Waals surface area contributed by atoms with Crippen LogP contribution in [0.15, 0.2) is 0 Å². The van der Waals surface area contributed by atoms with Crippen LogP contribution in [-0.2, 0) is 0 Å². The first-order valence-electron chi connectivity index (χ1n) is 5.04. The largest absolute Gasteiger partial charge is 0.394 e. The standard InChI is InChI=1S/C9H15N3OS/c1-2-7(5-13)10-9-11-8(12-14-9)6-3-4-6/h6-7,13H,2-5H2,1H3,(H,10,11,12)/t7-/m0/s1. The van der Waals surface area contributed by atoms with Crippen molar-refractivity contribution in [3.63, 3.8) is 0 Å². The molecule has 0 radical (unpaired) electrons. The number of hydrogen-bond acceptors (Lipinski definition) is 5. The van der Waals surface area contributed by atoms with E-state index in [9.17, 15) is 0 Å². The zero-order valence-electron chi connectivity index (χ0n) is 8.23. The van der Waals surface area contributed by atoms with E-state index in [0.29, 0.717) is 5.92 Å². The Kier molecular flexibility index (Phi) is 2.98. The van der Waals surface area contributed by atoms with Gasteiger partial charge in [0.15, 0.2) is 0 Å². The molecule has 0 amide bonds. The van der Waals surface area contributed by atoms with Crippen molar-refractivity contribution in [2.75, 3.05) is 11.9 Å². The normalized spacial score (nSPS) is 18.1. The first-order chi connectivity index (χ1) is 6.83. The van der Waals surface area contributed by atoms with E-state index in [1.54, 1.807) is 0 Å². The lowest BCUT2D eigenvalue weighted by atomic mass is 10.2. The number of aliphatic hydroxyl groups is 1. The fraction of sp³-hybridized carbons (Fsp3) is 0.778. The molecule has 1 heterocycles. The molecule has 1 aliphatic carbocycles. The summed E-state index contributed by atoms with van der Waals surface area (Å²) in [4.78, 5) is 4.39. The van der Waals surface area contributed by atoms with Gasteiger partial charge in [0.2, 0.25) is 5.13 Å². The van der Waals surface area contributed by atoms with Gasteiger partial charge in [0.25, 0.3) is 0 Å². The summed E-state index contributed by atoms with van der Waals surface area (Å²) in [7, 11) is 0. The highest BCUT2D eigenvalue weighted by atomic mass is 32.1. The van der Waals surface area contributed by atoms with E-state index in [1.165, 1.54) is 24.4 Å². The van der Waals surface area contributed by atoms with Gasteiger partial charge in [-0.1, -0.05) is 6.92 Å². The number of aliphatic hydroxyl groups excluding tert-OH is 1. The van der Waals surface area contributed by atoms with Crippen LogP contribution in [0.2, 0.25) is 0 Å². The molecule has 1 saturated carbocycles. The maximum Gasteiger partial charge on any atom is 0.202 e. The zero-order chi connectivity index (χ0) is 9.97. The van der Waals surface area contributed by atoms with Crippen LogP contribution >= 0.6 is 11.5 Å². The molecule has 1 atom stereocenters.